The van der Waals surface area contributed by atoms with Gasteiger partial charge in [0.2, 0.25) is 5.95 Å². The van der Waals surface area contributed by atoms with Crippen LogP contribution >= 0.6 is 0 Å². The Morgan fingerprint density at radius 2 is 2.00 bits per heavy atom. The molecule has 0 saturated heterocycles. The number of aliphatic carboxylic acids is 1. The number of pyridine rings is 1. The Morgan fingerprint density at radius 1 is 1.41 bits per heavy atom. The van der Waals surface area contributed by atoms with Gasteiger partial charge in [0.15, 0.2) is 0 Å². The molecule has 0 aromatic carbocycles. The maximum atomic E-state index is 12.8. The Kier molecular flexibility index (Phi) is 3.45. The number of carbonyl (C=O) groups excluding carboxylic acids is 1. The van der Waals surface area contributed by atoms with Crippen LogP contribution in [0.3, 0.4) is 0 Å². The average Bonchev–Trinajstić information content (AvgIpc) is 2.26. The third-order valence-corrected chi connectivity index (χ3v) is 2.60. The summed E-state index contributed by atoms with van der Waals surface area (Å²) >= 11 is 0. The van der Waals surface area contributed by atoms with Gasteiger partial charge in [-0.2, -0.15) is 4.39 Å². The first kappa shape index (κ1) is 13.1. The van der Waals surface area contributed by atoms with E-state index in [1.165, 1.54) is 33.0 Å². The summed E-state index contributed by atoms with van der Waals surface area (Å²) in [7, 11) is 1.34. The number of carboxylic acids is 1. The molecule has 0 aliphatic heterocycles. The maximum Gasteiger partial charge on any atom is 0.329 e. The molecule has 0 radical (unpaired) electrons. The second kappa shape index (κ2) is 4.48. The second-order valence-electron chi connectivity index (χ2n) is 4.07. The predicted molar refractivity (Wildman–Crippen MR) is 58.0 cm³/mol. The van der Waals surface area contributed by atoms with Crippen molar-refractivity contribution in [2.75, 3.05) is 7.05 Å². The molecular weight excluding hydrogens is 227 g/mol. The largest absolute Gasteiger partial charge is 0.480 e. The summed E-state index contributed by atoms with van der Waals surface area (Å²) in [6.45, 7) is 2.76. The third kappa shape index (κ3) is 2.58. The van der Waals surface area contributed by atoms with Gasteiger partial charge in [-0.1, -0.05) is 6.07 Å². The lowest BCUT2D eigenvalue weighted by Gasteiger charge is -2.31. The highest BCUT2D eigenvalue weighted by molar-refractivity contribution is 5.95. The van der Waals surface area contributed by atoms with Gasteiger partial charge in [0.05, 0.1) is 0 Å². The van der Waals surface area contributed by atoms with Gasteiger partial charge in [0.25, 0.3) is 5.91 Å². The zero-order valence-electron chi connectivity index (χ0n) is 9.77. The fourth-order valence-electron chi connectivity index (χ4n) is 1.10. The monoisotopic (exact) mass is 240 g/mol. The molecule has 1 rings (SSSR count). The molecule has 0 aliphatic rings. The van der Waals surface area contributed by atoms with E-state index in [1.807, 2.05) is 0 Å². The van der Waals surface area contributed by atoms with E-state index in [-0.39, 0.29) is 5.69 Å². The number of hydrogen-bond donors (Lipinski definition) is 1. The minimum atomic E-state index is -1.38. The van der Waals surface area contributed by atoms with E-state index in [2.05, 4.69) is 4.98 Å². The molecule has 6 heteroatoms. The van der Waals surface area contributed by atoms with Gasteiger partial charge >= 0.3 is 5.97 Å². The molecular formula is C11H13FN2O3. The molecule has 17 heavy (non-hydrogen) atoms. The highest BCUT2D eigenvalue weighted by Gasteiger charge is 2.36. The molecule has 0 unspecified atom stereocenters. The van der Waals surface area contributed by atoms with Crippen LogP contribution in [0.4, 0.5) is 4.39 Å². The normalized spacial score (nSPS) is 11.1. The predicted octanol–water partition coefficient (Wildman–Crippen LogP) is 1.16. The summed E-state index contributed by atoms with van der Waals surface area (Å²) < 4.78 is 12.8. The highest BCUT2D eigenvalue weighted by atomic mass is 19.1. The number of rotatable bonds is 3. The number of aromatic nitrogens is 1. The van der Waals surface area contributed by atoms with Crippen molar-refractivity contribution in [1.82, 2.24) is 9.88 Å². The molecule has 0 atom stereocenters. The third-order valence-electron chi connectivity index (χ3n) is 2.60. The molecule has 0 bridgehead atoms. The van der Waals surface area contributed by atoms with Crippen molar-refractivity contribution in [2.45, 2.75) is 19.4 Å². The van der Waals surface area contributed by atoms with Gasteiger partial charge in [-0.25, -0.2) is 9.78 Å². The minimum Gasteiger partial charge on any atom is -0.480 e. The van der Waals surface area contributed by atoms with E-state index in [0.29, 0.717) is 0 Å². The van der Waals surface area contributed by atoms with Crippen molar-refractivity contribution < 1.29 is 19.1 Å². The number of nitrogens with zero attached hydrogens (tertiary/aromatic N) is 2. The first-order valence-electron chi connectivity index (χ1n) is 4.91. The number of likely N-dealkylation sites (N-methyl/N-ethyl adjacent to an activating group) is 1. The summed E-state index contributed by atoms with van der Waals surface area (Å²) in [4.78, 5) is 27.3. The fourth-order valence-corrected chi connectivity index (χ4v) is 1.10. The van der Waals surface area contributed by atoms with Crippen LogP contribution < -0.4 is 0 Å². The van der Waals surface area contributed by atoms with Gasteiger partial charge in [-0.15, -0.1) is 0 Å². The van der Waals surface area contributed by atoms with Crippen molar-refractivity contribution in [1.29, 1.82) is 0 Å². The van der Waals surface area contributed by atoms with Gasteiger partial charge in [-0.05, 0) is 26.0 Å². The van der Waals surface area contributed by atoms with Crippen molar-refractivity contribution >= 4 is 11.9 Å². The Morgan fingerprint density at radius 3 is 2.47 bits per heavy atom. The molecule has 0 saturated carbocycles. The lowest BCUT2D eigenvalue weighted by Crippen LogP contribution is -2.51. The van der Waals surface area contributed by atoms with Crippen molar-refractivity contribution in [3.8, 4) is 0 Å². The SMILES string of the molecule is CN(C(=O)c1cccc(F)n1)C(C)(C)C(=O)O. The fraction of sp³-hybridized carbons (Fsp3) is 0.364. The van der Waals surface area contributed by atoms with Gasteiger partial charge in [-0.3, -0.25) is 4.79 Å². The molecule has 1 aromatic rings. The molecule has 0 spiro atoms. The lowest BCUT2D eigenvalue weighted by atomic mass is 10.0. The van der Waals surface area contributed by atoms with E-state index >= 15 is 0 Å². The van der Waals surface area contributed by atoms with Crippen LogP contribution in [0, 0.1) is 5.95 Å². The van der Waals surface area contributed by atoms with Crippen molar-refractivity contribution in [2.24, 2.45) is 0 Å². The molecule has 1 amide bonds. The number of amides is 1. The van der Waals surface area contributed by atoms with Gasteiger partial charge < -0.3 is 10.0 Å². The van der Waals surface area contributed by atoms with E-state index in [4.69, 9.17) is 5.11 Å². The Labute approximate surface area is 97.9 Å². The average molecular weight is 240 g/mol. The van der Waals surface area contributed by atoms with Crippen LogP contribution in [0.15, 0.2) is 18.2 Å². The zero-order valence-corrected chi connectivity index (χ0v) is 9.77. The van der Waals surface area contributed by atoms with Crippen molar-refractivity contribution in [3.63, 3.8) is 0 Å². The van der Waals surface area contributed by atoms with E-state index < -0.39 is 23.4 Å². The number of carboxylic acid groups (broad SMARTS) is 1. The number of hydrogen-bond acceptors (Lipinski definition) is 3. The Bertz CT molecular complexity index is 460. The molecule has 1 N–H and O–H groups in total. The summed E-state index contributed by atoms with van der Waals surface area (Å²) in [6, 6.07) is 3.79. The number of carbonyl (C=O) groups is 2. The topological polar surface area (TPSA) is 70.5 Å². The first-order chi connectivity index (χ1) is 7.76. The van der Waals surface area contributed by atoms with Crippen LogP contribution in [0.25, 0.3) is 0 Å². The molecule has 92 valence electrons. The van der Waals surface area contributed by atoms with Crippen LogP contribution in [-0.4, -0.2) is 39.5 Å². The highest BCUT2D eigenvalue weighted by Crippen LogP contribution is 2.15. The van der Waals surface area contributed by atoms with E-state index in [9.17, 15) is 14.0 Å². The standard InChI is InChI=1S/C11H13FN2O3/c1-11(2,10(16)17)14(3)9(15)7-5-4-6-8(12)13-7/h4-6H,1-3H3,(H,16,17). The second-order valence-corrected chi connectivity index (χ2v) is 4.07. The smallest absolute Gasteiger partial charge is 0.329 e. The number of halogens is 1. The van der Waals surface area contributed by atoms with E-state index in [0.717, 1.165) is 11.0 Å². The summed E-state index contributed by atoms with van der Waals surface area (Å²) in [5, 5.41) is 8.97. The quantitative estimate of drug-likeness (QED) is 0.805. The summed E-state index contributed by atoms with van der Waals surface area (Å²) in [6.07, 6.45) is 0. The summed E-state index contributed by atoms with van der Waals surface area (Å²) in [5.41, 5.74) is -1.51. The molecule has 0 aliphatic carbocycles. The molecule has 1 heterocycles. The lowest BCUT2D eigenvalue weighted by molar-refractivity contribution is -0.147. The summed E-state index contributed by atoms with van der Waals surface area (Å²) in [5.74, 6) is -2.57. The maximum absolute atomic E-state index is 12.8. The van der Waals surface area contributed by atoms with Crippen LogP contribution in [0.1, 0.15) is 24.3 Å². The van der Waals surface area contributed by atoms with Gasteiger partial charge in [0, 0.05) is 7.05 Å². The zero-order chi connectivity index (χ0) is 13.2. The minimum absolute atomic E-state index is 0.123. The molecule has 5 nitrogen and oxygen atoms in total. The van der Waals surface area contributed by atoms with Crippen molar-refractivity contribution in [3.05, 3.63) is 29.8 Å². The Balaban J connectivity index is 3.02. The van der Waals surface area contributed by atoms with Crippen LogP contribution in [-0.2, 0) is 4.79 Å². The van der Waals surface area contributed by atoms with E-state index in [1.54, 1.807) is 0 Å². The molecule has 1 aromatic heterocycles. The Hall–Kier alpha value is -1.98. The first-order valence-corrected chi connectivity index (χ1v) is 4.91. The van der Waals surface area contributed by atoms with Crippen LogP contribution in [0.2, 0.25) is 0 Å². The van der Waals surface area contributed by atoms with Crippen LogP contribution in [0.5, 0.6) is 0 Å². The molecule has 0 fully saturated rings. The van der Waals surface area contributed by atoms with Gasteiger partial charge in [0.1, 0.15) is 11.2 Å².